The maximum absolute atomic E-state index is 15.7. The fraction of sp³-hybridized carbons (Fsp3) is 0.352. The largest absolute Gasteiger partial charge is 0.469 e. The molecule has 4 saturated heterocycles. The number of pyridine rings is 3. The van der Waals surface area contributed by atoms with E-state index in [9.17, 15) is 38.6 Å². The third-order valence-corrected chi connectivity index (χ3v) is 24.6. The van der Waals surface area contributed by atoms with E-state index in [1.54, 1.807) is 65.6 Å². The molecule has 4 aliphatic heterocycles. The summed E-state index contributed by atoms with van der Waals surface area (Å²) in [5.74, 6) is -1.61. The van der Waals surface area contributed by atoms with Gasteiger partial charge in [0.1, 0.15) is 61.5 Å². The number of hydrogen-bond donors (Lipinski definition) is 6. The van der Waals surface area contributed by atoms with Crippen LogP contribution < -0.4 is 14.2 Å². The third kappa shape index (κ3) is 22.3. The van der Waals surface area contributed by atoms with Gasteiger partial charge in [-0.1, -0.05) is 171 Å². The summed E-state index contributed by atoms with van der Waals surface area (Å²) in [5, 5.41) is 40.6. The van der Waals surface area contributed by atoms with Gasteiger partial charge in [-0.25, -0.2) is 32.9 Å². The highest BCUT2D eigenvalue weighted by Crippen LogP contribution is 2.38. The van der Waals surface area contributed by atoms with E-state index < -0.39 is 78.3 Å². The summed E-state index contributed by atoms with van der Waals surface area (Å²) in [4.78, 5) is 61.3. The van der Waals surface area contributed by atoms with Crippen molar-refractivity contribution in [3.63, 3.8) is 0 Å². The minimum atomic E-state index is -2.43. The van der Waals surface area contributed by atoms with Crippen LogP contribution in [-0.2, 0) is 78.6 Å². The molecule has 4 fully saturated rings. The van der Waals surface area contributed by atoms with E-state index in [-0.39, 0.29) is 93.5 Å². The number of halogens is 4. The Morgan fingerprint density at radius 3 is 1.63 bits per heavy atom. The number of carbonyl (C=O) groups excluding carboxylic acids is 2. The molecule has 0 spiro atoms. The number of nitrogens with zero attached hydrogens (tertiary/aromatic N) is 10. The smallest absolute Gasteiger partial charge is 0.310 e. The van der Waals surface area contributed by atoms with Crippen LogP contribution in [0.2, 0.25) is 35.7 Å². The number of aliphatic hydroxyl groups excluding tert-OH is 4. The van der Waals surface area contributed by atoms with Crippen LogP contribution in [0.25, 0.3) is 101 Å². The van der Waals surface area contributed by atoms with Crippen LogP contribution in [-0.4, -0.2) is 226 Å². The van der Waals surface area contributed by atoms with E-state index in [2.05, 4.69) is 63.9 Å². The number of hydrogen-bond acceptors (Lipinski definition) is 25. The molecular weight excluding hydrogens is 1700 g/mol. The van der Waals surface area contributed by atoms with Gasteiger partial charge >= 0.3 is 17.9 Å². The Hall–Kier alpha value is -11.0. The van der Waals surface area contributed by atoms with Gasteiger partial charge in [-0.3, -0.25) is 14.2 Å². The maximum atomic E-state index is 15.7. The Kier molecular flexibility index (Phi) is 28.4. The highest BCUT2D eigenvalue weighted by atomic mass is 35.5. The van der Waals surface area contributed by atoms with Crippen LogP contribution in [0.4, 0.5) is 14.5 Å². The first-order chi connectivity index (χ1) is 60.6. The van der Waals surface area contributed by atoms with E-state index in [4.69, 9.17) is 75.6 Å². The zero-order valence-electron chi connectivity index (χ0n) is 70.1. The van der Waals surface area contributed by atoms with Crippen molar-refractivity contribution in [2.75, 3.05) is 65.9 Å². The molecule has 11 heterocycles. The van der Waals surface area contributed by atoms with Gasteiger partial charge in [-0.05, 0) is 75.7 Å². The third-order valence-electron chi connectivity index (χ3n) is 21.7. The van der Waals surface area contributed by atoms with Crippen molar-refractivity contribution in [3.8, 4) is 85.2 Å². The Morgan fingerprint density at radius 1 is 0.587 bits per heavy atom. The lowest BCUT2D eigenvalue weighted by Gasteiger charge is -2.32. The molecule has 660 valence electrons. The normalized spacial score (nSPS) is 20.0. The number of imidazole rings is 4. The quantitative estimate of drug-likeness (QED) is 0.0158. The van der Waals surface area contributed by atoms with Crippen LogP contribution in [0.3, 0.4) is 0 Å². The van der Waals surface area contributed by atoms with Crippen molar-refractivity contribution in [1.82, 2.24) is 54.0 Å². The predicted octanol–water partition coefficient (Wildman–Crippen LogP) is 14.4. The van der Waals surface area contributed by atoms with Crippen molar-refractivity contribution >= 4 is 92.1 Å². The number of H-pyrrole nitrogens is 2. The van der Waals surface area contributed by atoms with Crippen molar-refractivity contribution in [2.24, 2.45) is 4.36 Å². The lowest BCUT2D eigenvalue weighted by Crippen LogP contribution is -2.45. The highest BCUT2D eigenvalue weighted by molar-refractivity contribution is 7.92. The highest BCUT2D eigenvalue weighted by Gasteiger charge is 2.49. The number of nitrogens with one attached hydrogen (secondary N) is 2. The van der Waals surface area contributed by atoms with Gasteiger partial charge in [0.2, 0.25) is 0 Å². The molecule has 6 aromatic carbocycles. The van der Waals surface area contributed by atoms with Crippen LogP contribution in [0.15, 0.2) is 181 Å². The Labute approximate surface area is 735 Å². The van der Waals surface area contributed by atoms with Gasteiger partial charge in [-0.15, -0.1) is 0 Å². The minimum absolute atomic E-state index is 0.0803. The molecule has 0 aliphatic carbocycles. The summed E-state index contributed by atoms with van der Waals surface area (Å²) in [5.41, 5.74) is 13.4. The predicted molar refractivity (Wildman–Crippen MR) is 473 cm³/mol. The number of aliphatic hydroxyl groups is 4. The van der Waals surface area contributed by atoms with Crippen LogP contribution in [0, 0.1) is 11.6 Å². The van der Waals surface area contributed by atoms with Crippen LogP contribution in [0.5, 0.6) is 18.0 Å². The molecule has 35 heteroatoms. The van der Waals surface area contributed by atoms with Crippen molar-refractivity contribution in [2.45, 2.75) is 139 Å². The monoisotopic (exact) mass is 1800 g/mol. The summed E-state index contributed by atoms with van der Waals surface area (Å²) >= 11 is 13.2. The van der Waals surface area contributed by atoms with E-state index in [1.807, 2.05) is 115 Å². The molecule has 6 N–H and O–H groups in total. The summed E-state index contributed by atoms with van der Waals surface area (Å²) in [7, 11) is -2.39. The lowest BCUT2D eigenvalue weighted by atomic mass is 10.0. The second-order valence-corrected chi connectivity index (χ2v) is 41.5. The van der Waals surface area contributed by atoms with E-state index in [1.165, 1.54) is 31.8 Å². The first-order valence-corrected chi connectivity index (χ1v) is 48.0. The first kappa shape index (κ1) is 89.8. The fourth-order valence-corrected chi connectivity index (χ4v) is 16.8. The molecule has 7 aromatic heterocycles. The van der Waals surface area contributed by atoms with E-state index >= 15 is 4.39 Å². The number of benzene rings is 6. The first-order valence-electron chi connectivity index (χ1n) is 41.2. The number of esters is 2. The van der Waals surface area contributed by atoms with Gasteiger partial charge in [-0.2, -0.15) is 19.3 Å². The lowest BCUT2D eigenvalue weighted by molar-refractivity contribution is -0.143. The number of aromatic amines is 2. The molecule has 17 rings (SSSR count). The number of methoxy groups -OCH3 is 1. The number of ether oxygens (including phenoxy) is 10. The minimum Gasteiger partial charge on any atom is -0.469 e. The molecule has 126 heavy (non-hydrogen) atoms. The second kappa shape index (κ2) is 39.9. The molecule has 0 radical (unpaired) electrons. The fourth-order valence-electron chi connectivity index (χ4n) is 14.9. The summed E-state index contributed by atoms with van der Waals surface area (Å²) in [6, 6.07) is 49.2. The molecule has 0 amide bonds. The summed E-state index contributed by atoms with van der Waals surface area (Å²) in [6.07, 6.45) is 5.16. The molecular formula is C91H96Cl2F2N12O17SSi. The zero-order chi connectivity index (χ0) is 88.5. The molecule has 10 atom stereocenters. The molecule has 29 nitrogen and oxygen atoms in total. The Morgan fingerprint density at radius 2 is 1.11 bits per heavy atom. The molecule has 0 unspecified atom stereocenters. The maximum Gasteiger partial charge on any atom is 0.310 e. The average Bonchev–Trinajstić information content (AvgIpc) is 1.61. The van der Waals surface area contributed by atoms with Crippen molar-refractivity contribution in [1.29, 1.82) is 0 Å². The van der Waals surface area contributed by atoms with E-state index in [0.717, 1.165) is 57.0 Å². The average molecular weight is 1800 g/mol. The molecule has 13 aromatic rings. The van der Waals surface area contributed by atoms with Gasteiger partial charge in [0.25, 0.3) is 12.0 Å². The van der Waals surface area contributed by atoms with Crippen LogP contribution in [0.1, 0.15) is 37.3 Å². The van der Waals surface area contributed by atoms with Gasteiger partial charge in [0.15, 0.2) is 28.9 Å². The zero-order valence-corrected chi connectivity index (χ0v) is 73.4. The van der Waals surface area contributed by atoms with Gasteiger partial charge in [0, 0.05) is 96.5 Å². The van der Waals surface area contributed by atoms with Crippen molar-refractivity contribution < 1.29 is 90.4 Å². The van der Waals surface area contributed by atoms with Crippen molar-refractivity contribution in [3.05, 3.63) is 209 Å². The van der Waals surface area contributed by atoms with E-state index in [0.29, 0.717) is 117 Å². The summed E-state index contributed by atoms with van der Waals surface area (Å²) < 4.78 is 107. The number of fused-ring (bicyclic) bond motifs is 4. The number of carbonyl (C=O) groups is 2. The standard InChI is InChI=1S/C32H32ClN5O5.C32H38F2N4O6SSi.C27H26ClN3O6/c1-2-28-27(39)16-24(18-42-28)43-32-35-26-17-25(33)30(36-31(26)37-32)23-9-7-22(8-10-23)21-5-3-20(4-6-21)15-29(40)41-14-13-38-12-11-34-19-38;1-45(2,40)37-21-10-11-22(23(33)14-21)19-6-8-20(9-7-19)28-24(34)15-25-31(35-28)36-32(38(25)18-41-12-13-46(3,4)5)44-27-17-43-29-26(39)16-42-30(27)29;1-35-24(34)10-15-2-4-16(5-3-15)17-6-8-18(9-7-17)25-20(28)12-21-26(30-25)31-27(29-21)37-19-11-22(33)23(13-32)36-14-19/h3-12,17,19,24,27-28,39H,2,13-16,18H2,1H3,(H,35,36,37);6-11,14-15,26-27,29-30,39H,12-13,16-18H2,1-5H3;2-9,12,19,22-23,32-33H,10-11,13-14H2,1H3,(H,29,30,31)/t24-,27+,28-;26-,27-,29-,30-;19-,22+,23-/m111/s1. The summed E-state index contributed by atoms with van der Waals surface area (Å²) in [6.45, 7) is 11.0. The number of aromatic nitrogens is 11. The molecule has 0 saturated carbocycles. The topological polar surface area (TPSA) is 368 Å². The SMILES string of the molecule is CC[C@H]1OC[C@H](Oc2nc3nc(-c4ccc(-c5ccc(CC(=O)OCCn6ccnc6)cc5)cc4)c(Cl)cc3[nH]2)C[C@@H]1O.COC(=O)Cc1ccc(-c2ccc(-c3nc4nc(O[C@H]5CO[C@H](CO)[C@@H](O)C5)[nH]c4cc3Cl)cc2)cc1.C[Si](C)(C)CCOCn1c(O[C@@H]2CO[C@H]3[C@@H]2OC[C@H]3O)nc2nc(-c3ccc(-c4ccc(N=S(C)(C)=O)cc4F)cc3)c(F)cc21. The Bertz CT molecular complexity index is 6100. The van der Waals surface area contributed by atoms with Gasteiger partial charge in [0.05, 0.1) is 128 Å². The molecule has 0 bridgehead atoms. The van der Waals surface area contributed by atoms with Crippen LogP contribution >= 0.6 is 23.2 Å². The second-order valence-electron chi connectivity index (χ2n) is 32.5. The Balaban J connectivity index is 0.000000147. The number of rotatable bonds is 27. The van der Waals surface area contributed by atoms with Gasteiger partial charge < -0.3 is 82.3 Å². The molecule has 4 aliphatic rings.